The molecule has 2 fully saturated rings. The number of aryl methyl sites for hydroxylation is 1. The number of anilines is 1. The Bertz CT molecular complexity index is 686. The number of likely N-dealkylation sites (tertiary alicyclic amines) is 1. The molecular weight excluding hydrogens is 296 g/mol. The van der Waals surface area contributed by atoms with Crippen molar-refractivity contribution in [3.05, 3.63) is 40.6 Å². The summed E-state index contributed by atoms with van der Waals surface area (Å²) < 4.78 is 0. The average Bonchev–Trinajstić information content (AvgIpc) is 3.18. The van der Waals surface area contributed by atoms with Crippen molar-refractivity contribution < 1.29 is 4.79 Å². The van der Waals surface area contributed by atoms with Crippen LogP contribution in [0.25, 0.3) is 0 Å². The maximum absolute atomic E-state index is 12.6. The van der Waals surface area contributed by atoms with E-state index in [2.05, 4.69) is 33.9 Å². The zero-order valence-electron chi connectivity index (χ0n) is 12.5. The van der Waals surface area contributed by atoms with Crippen molar-refractivity contribution in [1.29, 1.82) is 0 Å². The van der Waals surface area contributed by atoms with Gasteiger partial charge in [-0.15, -0.1) is 11.3 Å². The number of rotatable bonds is 3. The van der Waals surface area contributed by atoms with E-state index < -0.39 is 0 Å². The number of aromatic nitrogens is 2. The number of thiophene rings is 1. The Balaban J connectivity index is 1.44. The summed E-state index contributed by atoms with van der Waals surface area (Å²) in [5, 5.41) is 0. The summed E-state index contributed by atoms with van der Waals surface area (Å²) in [7, 11) is 0. The van der Waals surface area contributed by atoms with Crippen LogP contribution in [0.5, 0.6) is 0 Å². The number of fused-ring (bicyclic) bond motifs is 1. The molecule has 2 aliphatic rings. The number of amides is 1. The molecule has 0 spiro atoms. The summed E-state index contributed by atoms with van der Waals surface area (Å²) in [6.07, 6.45) is 4.94. The SMILES string of the molecule is Cc1ccc(CN2C[C@H]3CN(c4cncnc4)C(=O)[C@H]3C2)s1. The van der Waals surface area contributed by atoms with E-state index in [0.29, 0.717) is 5.92 Å². The second-order valence-electron chi connectivity index (χ2n) is 6.12. The molecule has 0 unspecified atom stereocenters. The molecule has 2 saturated heterocycles. The van der Waals surface area contributed by atoms with E-state index in [9.17, 15) is 4.79 Å². The summed E-state index contributed by atoms with van der Waals surface area (Å²) >= 11 is 1.85. The highest BCUT2D eigenvalue weighted by Crippen LogP contribution is 2.35. The van der Waals surface area contributed by atoms with Gasteiger partial charge in [0.05, 0.1) is 24.0 Å². The molecule has 0 saturated carbocycles. The summed E-state index contributed by atoms with van der Waals surface area (Å²) in [4.78, 5) is 27.7. The first-order chi connectivity index (χ1) is 10.7. The standard InChI is InChI=1S/C16H18N4OS/c1-11-2-3-14(22-11)8-19-6-12-7-20(16(21)15(12)9-19)13-4-17-10-18-5-13/h2-5,10,12,15H,6-9H2,1H3/t12-,15-/m0/s1. The predicted octanol–water partition coefficient (Wildman–Crippen LogP) is 1.94. The Kier molecular flexibility index (Phi) is 3.43. The lowest BCUT2D eigenvalue weighted by Crippen LogP contribution is -2.32. The van der Waals surface area contributed by atoms with Crippen molar-refractivity contribution in [3.63, 3.8) is 0 Å². The topological polar surface area (TPSA) is 49.3 Å². The average molecular weight is 314 g/mol. The van der Waals surface area contributed by atoms with Crippen LogP contribution in [0.1, 0.15) is 9.75 Å². The van der Waals surface area contributed by atoms with Crippen molar-refractivity contribution in [1.82, 2.24) is 14.9 Å². The number of hydrogen-bond acceptors (Lipinski definition) is 5. The van der Waals surface area contributed by atoms with Gasteiger partial charge in [0.1, 0.15) is 6.33 Å². The van der Waals surface area contributed by atoms with Gasteiger partial charge in [0, 0.05) is 41.9 Å². The second-order valence-corrected chi connectivity index (χ2v) is 7.49. The highest BCUT2D eigenvalue weighted by Gasteiger charge is 2.46. The van der Waals surface area contributed by atoms with Crippen LogP contribution in [0, 0.1) is 18.8 Å². The van der Waals surface area contributed by atoms with Gasteiger partial charge in [0.25, 0.3) is 0 Å². The first-order valence-electron chi connectivity index (χ1n) is 7.55. The minimum Gasteiger partial charge on any atom is -0.309 e. The van der Waals surface area contributed by atoms with Crippen LogP contribution < -0.4 is 4.90 Å². The van der Waals surface area contributed by atoms with Crippen molar-refractivity contribution in [3.8, 4) is 0 Å². The minimum absolute atomic E-state index is 0.126. The molecule has 4 rings (SSSR count). The van der Waals surface area contributed by atoms with Crippen molar-refractivity contribution in [2.24, 2.45) is 11.8 Å². The van der Waals surface area contributed by atoms with E-state index in [4.69, 9.17) is 0 Å². The molecule has 0 radical (unpaired) electrons. The van der Waals surface area contributed by atoms with Crippen LogP contribution in [0.3, 0.4) is 0 Å². The Morgan fingerprint density at radius 3 is 2.73 bits per heavy atom. The van der Waals surface area contributed by atoms with Gasteiger partial charge in [0.15, 0.2) is 0 Å². The van der Waals surface area contributed by atoms with E-state index in [-0.39, 0.29) is 11.8 Å². The lowest BCUT2D eigenvalue weighted by molar-refractivity contribution is -0.120. The highest BCUT2D eigenvalue weighted by molar-refractivity contribution is 7.11. The molecule has 2 aliphatic heterocycles. The smallest absolute Gasteiger partial charge is 0.231 e. The van der Waals surface area contributed by atoms with Crippen LogP contribution in [-0.4, -0.2) is 40.4 Å². The van der Waals surface area contributed by atoms with Crippen LogP contribution in [-0.2, 0) is 11.3 Å². The predicted molar refractivity (Wildman–Crippen MR) is 85.7 cm³/mol. The fourth-order valence-corrected chi connectivity index (χ4v) is 4.47. The monoisotopic (exact) mass is 314 g/mol. The lowest BCUT2D eigenvalue weighted by Gasteiger charge is -2.20. The molecule has 5 nitrogen and oxygen atoms in total. The Morgan fingerprint density at radius 2 is 2.05 bits per heavy atom. The third kappa shape index (κ3) is 2.42. The Morgan fingerprint density at radius 1 is 1.23 bits per heavy atom. The molecule has 2 aromatic rings. The second kappa shape index (κ2) is 5.44. The molecule has 114 valence electrons. The number of carbonyl (C=O) groups is 1. The third-order valence-corrected chi connectivity index (χ3v) is 5.54. The van der Waals surface area contributed by atoms with Gasteiger partial charge in [-0.1, -0.05) is 0 Å². The van der Waals surface area contributed by atoms with Crippen LogP contribution >= 0.6 is 11.3 Å². The fraction of sp³-hybridized carbons (Fsp3) is 0.438. The first-order valence-corrected chi connectivity index (χ1v) is 8.36. The molecule has 0 bridgehead atoms. The zero-order chi connectivity index (χ0) is 15.1. The van der Waals surface area contributed by atoms with E-state index >= 15 is 0 Å². The van der Waals surface area contributed by atoms with Crippen LogP contribution in [0.15, 0.2) is 30.9 Å². The molecule has 2 atom stereocenters. The molecule has 4 heterocycles. The lowest BCUT2D eigenvalue weighted by atomic mass is 10.0. The molecule has 0 aromatic carbocycles. The summed E-state index contributed by atoms with van der Waals surface area (Å²) in [6.45, 7) is 5.75. The number of hydrogen-bond donors (Lipinski definition) is 0. The van der Waals surface area contributed by atoms with Gasteiger partial charge in [0.2, 0.25) is 5.91 Å². The van der Waals surface area contributed by atoms with Gasteiger partial charge >= 0.3 is 0 Å². The minimum atomic E-state index is 0.126. The molecule has 1 amide bonds. The van der Waals surface area contributed by atoms with E-state index in [1.165, 1.54) is 16.1 Å². The normalized spacial score (nSPS) is 25.0. The third-order valence-electron chi connectivity index (χ3n) is 4.55. The summed E-state index contributed by atoms with van der Waals surface area (Å²) in [5.41, 5.74) is 0.822. The Hall–Kier alpha value is -1.79. The summed E-state index contributed by atoms with van der Waals surface area (Å²) in [5.74, 6) is 0.777. The van der Waals surface area contributed by atoms with E-state index in [0.717, 1.165) is 31.9 Å². The molecule has 22 heavy (non-hydrogen) atoms. The zero-order valence-corrected chi connectivity index (χ0v) is 13.3. The fourth-order valence-electron chi connectivity index (χ4n) is 3.53. The van der Waals surface area contributed by atoms with E-state index in [1.807, 2.05) is 16.2 Å². The molecule has 0 aliphatic carbocycles. The molecule has 2 aromatic heterocycles. The van der Waals surface area contributed by atoms with Crippen molar-refractivity contribution in [2.45, 2.75) is 13.5 Å². The van der Waals surface area contributed by atoms with Crippen molar-refractivity contribution >= 4 is 22.9 Å². The Labute approximate surface area is 133 Å². The van der Waals surface area contributed by atoms with Gasteiger partial charge in [-0.25, -0.2) is 9.97 Å². The van der Waals surface area contributed by atoms with Gasteiger partial charge in [-0.3, -0.25) is 9.69 Å². The number of carbonyl (C=O) groups excluding carboxylic acids is 1. The maximum Gasteiger partial charge on any atom is 0.231 e. The van der Waals surface area contributed by atoms with Crippen LogP contribution in [0.2, 0.25) is 0 Å². The number of nitrogens with zero attached hydrogens (tertiary/aromatic N) is 4. The summed E-state index contributed by atoms with van der Waals surface area (Å²) in [6, 6.07) is 4.36. The van der Waals surface area contributed by atoms with Gasteiger partial charge in [-0.2, -0.15) is 0 Å². The highest BCUT2D eigenvalue weighted by atomic mass is 32.1. The first kappa shape index (κ1) is 13.8. The van der Waals surface area contributed by atoms with Gasteiger partial charge < -0.3 is 4.90 Å². The van der Waals surface area contributed by atoms with Crippen LogP contribution in [0.4, 0.5) is 5.69 Å². The molecule has 6 heteroatoms. The maximum atomic E-state index is 12.6. The van der Waals surface area contributed by atoms with E-state index in [1.54, 1.807) is 12.4 Å². The quantitative estimate of drug-likeness (QED) is 0.869. The molecule has 0 N–H and O–H groups in total. The molecular formula is C16H18N4OS. The van der Waals surface area contributed by atoms with Crippen molar-refractivity contribution in [2.75, 3.05) is 24.5 Å². The van der Waals surface area contributed by atoms with Gasteiger partial charge in [-0.05, 0) is 19.1 Å². The largest absolute Gasteiger partial charge is 0.309 e.